The number of benzene rings is 1. The van der Waals surface area contributed by atoms with Crippen molar-refractivity contribution in [2.24, 2.45) is 0 Å². The summed E-state index contributed by atoms with van der Waals surface area (Å²) < 4.78 is 16.2. The maximum absolute atomic E-state index is 11.8. The number of carbonyl (C=O) groups is 1. The first-order valence-corrected chi connectivity index (χ1v) is 15.2. The van der Waals surface area contributed by atoms with Crippen LogP contribution >= 0.6 is 31.4 Å². The maximum Gasteiger partial charge on any atom is 0.407 e. The number of carbonyl (C=O) groups excluding carboxylic acids is 1. The van der Waals surface area contributed by atoms with E-state index in [4.69, 9.17) is 14.2 Å². The lowest BCUT2D eigenvalue weighted by molar-refractivity contribution is 0.152. The van der Waals surface area contributed by atoms with Gasteiger partial charge < -0.3 is 19.5 Å². The molecule has 0 bridgehead atoms. The van der Waals surface area contributed by atoms with Crippen LogP contribution in [0.4, 0.5) is 4.79 Å². The van der Waals surface area contributed by atoms with E-state index in [1.165, 1.54) is 4.90 Å². The molecule has 0 fully saturated rings. The predicted molar refractivity (Wildman–Crippen MR) is 110 cm³/mol. The van der Waals surface area contributed by atoms with Crippen LogP contribution in [0, 0.1) is 0 Å². The van der Waals surface area contributed by atoms with Gasteiger partial charge in [-0.3, -0.25) is 0 Å². The van der Waals surface area contributed by atoms with Crippen molar-refractivity contribution in [2.45, 2.75) is 41.9 Å². The number of nitrogens with one attached hydrogen (secondary N) is 1. The summed E-state index contributed by atoms with van der Waals surface area (Å²) in [6.45, 7) is 7.82. The first-order chi connectivity index (χ1) is 11.9. The van der Waals surface area contributed by atoms with Gasteiger partial charge in [-0.15, -0.1) is 0 Å². The van der Waals surface area contributed by atoms with Gasteiger partial charge in [0.15, 0.2) is 11.5 Å². The molecule has 140 valence electrons. The summed E-state index contributed by atoms with van der Waals surface area (Å²) in [6.07, 6.45) is 0.381. The van der Waals surface area contributed by atoms with E-state index in [-0.39, 0.29) is 6.09 Å². The highest BCUT2D eigenvalue weighted by Crippen LogP contribution is 2.61. The second-order valence-corrected chi connectivity index (χ2v) is 16.3. The molecule has 25 heavy (non-hydrogen) atoms. The average molecular weight is 420 g/mol. The van der Waals surface area contributed by atoms with Crippen LogP contribution in [0.25, 0.3) is 0 Å². The van der Waals surface area contributed by atoms with Gasteiger partial charge in [-0.1, -0.05) is 19.6 Å². The number of methoxy groups -OCH3 is 2. The van der Waals surface area contributed by atoms with Gasteiger partial charge >= 0.3 is 6.09 Å². The van der Waals surface area contributed by atoms with Crippen LogP contribution in [0.15, 0.2) is 15.9 Å². The minimum Gasteiger partial charge on any atom is -0.493 e. The van der Waals surface area contributed by atoms with E-state index in [2.05, 4.69) is 25.0 Å². The molecule has 1 N–H and O–H groups in total. The summed E-state index contributed by atoms with van der Waals surface area (Å²) in [5.74, 6) is 1.51. The van der Waals surface area contributed by atoms with E-state index in [1.54, 1.807) is 45.6 Å². The third kappa shape index (κ3) is 5.94. The number of alkyl carbamates (subject to hydrolysis) is 1. The van der Waals surface area contributed by atoms with Crippen molar-refractivity contribution in [3.63, 3.8) is 0 Å². The summed E-state index contributed by atoms with van der Waals surface area (Å²) in [5.41, 5.74) is 1.15. The molecule has 1 aliphatic rings. The number of fused-ring (bicyclic) bond motifs is 1. The minimum atomic E-state index is -1.18. The quantitative estimate of drug-likeness (QED) is 0.466. The molecule has 1 aromatic rings. The molecule has 2 rings (SSSR count). The lowest BCUT2D eigenvalue weighted by Gasteiger charge is -2.16. The molecule has 1 aliphatic heterocycles. The van der Waals surface area contributed by atoms with Crippen LogP contribution in [-0.4, -0.2) is 41.5 Å². The molecule has 0 atom stereocenters. The van der Waals surface area contributed by atoms with Crippen LogP contribution in [0.2, 0.25) is 25.7 Å². The van der Waals surface area contributed by atoms with E-state index in [9.17, 15) is 4.79 Å². The Kier molecular flexibility index (Phi) is 7.72. The predicted octanol–water partition coefficient (Wildman–Crippen LogP) is 5.07. The zero-order chi connectivity index (χ0) is 18.4. The van der Waals surface area contributed by atoms with Crippen molar-refractivity contribution in [1.82, 2.24) is 5.32 Å². The summed E-state index contributed by atoms with van der Waals surface area (Å²) in [5, 5.41) is 2.83. The Bertz CT molecular complexity index is 622. The van der Waals surface area contributed by atoms with Gasteiger partial charge in [-0.25, -0.2) is 4.79 Å². The first-order valence-electron chi connectivity index (χ1n) is 8.05. The summed E-state index contributed by atoms with van der Waals surface area (Å²) >= 11 is 0. The fourth-order valence-electron chi connectivity index (χ4n) is 2.23. The molecule has 1 amide bonds. The molecule has 0 radical (unpaired) electrons. The zero-order valence-electron chi connectivity index (χ0n) is 15.3. The molecule has 0 spiro atoms. The van der Waals surface area contributed by atoms with Gasteiger partial charge in [0.25, 0.3) is 0 Å². The minimum absolute atomic E-state index is 0.341. The zero-order valence-corrected chi connectivity index (χ0v) is 18.7. The third-order valence-corrected chi connectivity index (χ3v) is 9.43. The van der Waals surface area contributed by atoms with E-state index < -0.39 is 8.07 Å². The highest BCUT2D eigenvalue weighted by Gasteiger charge is 2.25. The number of amides is 1. The summed E-state index contributed by atoms with van der Waals surface area (Å²) in [7, 11) is 7.23. The highest BCUT2D eigenvalue weighted by molar-refractivity contribution is 9.10. The molecule has 5 nitrogen and oxygen atoms in total. The van der Waals surface area contributed by atoms with Crippen molar-refractivity contribution in [1.29, 1.82) is 0 Å². The van der Waals surface area contributed by atoms with Gasteiger partial charge in [0.2, 0.25) is 0 Å². The second kappa shape index (κ2) is 9.34. The van der Waals surface area contributed by atoms with Crippen LogP contribution in [0.3, 0.4) is 0 Å². The van der Waals surface area contributed by atoms with Gasteiger partial charge in [-0.2, -0.15) is 0 Å². The van der Waals surface area contributed by atoms with E-state index in [0.717, 1.165) is 34.4 Å². The van der Waals surface area contributed by atoms with Crippen LogP contribution in [0.1, 0.15) is 5.56 Å². The molecule has 9 heteroatoms. The SMILES string of the molecule is COc1cc(CCNC(=O)OCC[Si](C)(C)C)c2c(c1OC)SSS2. The number of hydrogen-bond acceptors (Lipinski definition) is 7. The van der Waals surface area contributed by atoms with Crippen molar-refractivity contribution in [3.05, 3.63) is 11.6 Å². The Morgan fingerprint density at radius 2 is 1.88 bits per heavy atom. The van der Waals surface area contributed by atoms with Crippen molar-refractivity contribution in [2.75, 3.05) is 27.4 Å². The molecule has 0 saturated heterocycles. The second-order valence-electron chi connectivity index (χ2n) is 6.79. The van der Waals surface area contributed by atoms with Crippen molar-refractivity contribution in [3.8, 4) is 11.5 Å². The number of ether oxygens (including phenoxy) is 3. The van der Waals surface area contributed by atoms with Gasteiger partial charge in [-0.05, 0) is 55.5 Å². The molecule has 0 saturated carbocycles. The number of rotatable bonds is 8. The van der Waals surface area contributed by atoms with Crippen LogP contribution < -0.4 is 14.8 Å². The standard InChI is InChI=1S/C16H25NO4S3Si/c1-19-12-10-11(14-15(13(12)20-2)23-24-22-14)6-7-17-16(18)21-8-9-25(3,4)5/h10H,6-9H2,1-5H3,(H,17,18). The topological polar surface area (TPSA) is 56.8 Å². The fourth-order valence-corrected chi connectivity index (χ4v) is 7.68. The summed E-state index contributed by atoms with van der Waals surface area (Å²) in [6, 6.07) is 2.98. The Morgan fingerprint density at radius 3 is 2.52 bits per heavy atom. The van der Waals surface area contributed by atoms with Crippen LogP contribution in [0.5, 0.6) is 11.5 Å². The Labute approximate surface area is 162 Å². The van der Waals surface area contributed by atoms with Gasteiger partial charge in [0, 0.05) is 19.5 Å². The number of hydrogen-bond donors (Lipinski definition) is 1. The molecule has 0 aliphatic carbocycles. The van der Waals surface area contributed by atoms with Gasteiger partial charge in [0.1, 0.15) is 0 Å². The van der Waals surface area contributed by atoms with Gasteiger partial charge in [0.05, 0.1) is 25.7 Å². The Balaban J connectivity index is 1.91. The lowest BCUT2D eigenvalue weighted by atomic mass is 10.1. The fraction of sp³-hybridized carbons (Fsp3) is 0.562. The molecule has 1 heterocycles. The van der Waals surface area contributed by atoms with Crippen molar-refractivity contribution < 1.29 is 19.0 Å². The van der Waals surface area contributed by atoms with E-state index in [0.29, 0.717) is 13.2 Å². The monoisotopic (exact) mass is 419 g/mol. The first kappa shape index (κ1) is 20.7. The van der Waals surface area contributed by atoms with E-state index >= 15 is 0 Å². The smallest absolute Gasteiger partial charge is 0.407 e. The molecule has 0 aromatic heterocycles. The maximum atomic E-state index is 11.8. The Hall–Kier alpha value is -0.643. The molecular formula is C16H25NO4S3Si. The molecule has 0 unspecified atom stereocenters. The summed E-state index contributed by atoms with van der Waals surface area (Å²) in [4.78, 5) is 14.1. The Morgan fingerprint density at radius 1 is 1.16 bits per heavy atom. The third-order valence-electron chi connectivity index (χ3n) is 3.64. The lowest BCUT2D eigenvalue weighted by Crippen LogP contribution is -2.29. The average Bonchev–Trinajstić information content (AvgIpc) is 3.02. The van der Waals surface area contributed by atoms with E-state index in [1.807, 2.05) is 6.07 Å². The van der Waals surface area contributed by atoms with Crippen molar-refractivity contribution >= 4 is 45.6 Å². The highest BCUT2D eigenvalue weighted by atomic mass is 33.5. The van der Waals surface area contributed by atoms with Crippen LogP contribution in [-0.2, 0) is 11.2 Å². The largest absolute Gasteiger partial charge is 0.493 e. The molecule has 1 aromatic carbocycles. The molecular weight excluding hydrogens is 394 g/mol. The normalized spacial score (nSPS) is 13.3.